The molecule has 1 aromatic heterocycles. The second-order valence-electron chi connectivity index (χ2n) is 4.61. The fourth-order valence-electron chi connectivity index (χ4n) is 2.14. The predicted octanol–water partition coefficient (Wildman–Crippen LogP) is 4.59. The zero-order chi connectivity index (χ0) is 13.4. The van der Waals surface area contributed by atoms with Gasteiger partial charge in [0.15, 0.2) is 0 Å². The van der Waals surface area contributed by atoms with Crippen molar-refractivity contribution in [2.24, 2.45) is 0 Å². The van der Waals surface area contributed by atoms with Crippen LogP contribution in [0.25, 0.3) is 11.0 Å². The Morgan fingerprint density at radius 2 is 1.89 bits per heavy atom. The quantitative estimate of drug-likeness (QED) is 0.750. The van der Waals surface area contributed by atoms with Crippen molar-refractivity contribution in [3.63, 3.8) is 0 Å². The van der Waals surface area contributed by atoms with Gasteiger partial charge < -0.3 is 9.52 Å². The maximum atomic E-state index is 10.4. The Labute approximate surface area is 119 Å². The van der Waals surface area contributed by atoms with Crippen molar-refractivity contribution in [1.29, 1.82) is 0 Å². The topological polar surface area (TPSA) is 33.4 Å². The normalized spacial score (nSPS) is 12.8. The van der Waals surface area contributed by atoms with E-state index in [-0.39, 0.29) is 0 Å². The molecule has 0 saturated carbocycles. The highest BCUT2D eigenvalue weighted by Crippen LogP contribution is 2.32. The summed E-state index contributed by atoms with van der Waals surface area (Å²) in [5.41, 5.74) is 2.75. The molecular formula is C16H13BrO2. The summed E-state index contributed by atoms with van der Waals surface area (Å²) in [6.45, 7) is 2.02. The SMILES string of the molecule is Cc1ccc(C(O)c2cc3ccccc3o2)c(Br)c1. The van der Waals surface area contributed by atoms with Crippen molar-refractivity contribution < 1.29 is 9.52 Å². The molecule has 2 aromatic carbocycles. The van der Waals surface area contributed by atoms with Gasteiger partial charge in [-0.2, -0.15) is 0 Å². The molecule has 2 nitrogen and oxygen atoms in total. The van der Waals surface area contributed by atoms with Gasteiger partial charge in [0.2, 0.25) is 0 Å². The van der Waals surface area contributed by atoms with Gasteiger partial charge in [0, 0.05) is 15.4 Å². The van der Waals surface area contributed by atoms with Gasteiger partial charge in [-0.3, -0.25) is 0 Å². The number of benzene rings is 2. The van der Waals surface area contributed by atoms with Crippen molar-refractivity contribution in [2.45, 2.75) is 13.0 Å². The molecule has 0 aliphatic rings. The molecule has 0 amide bonds. The Bertz CT molecular complexity index is 697. The van der Waals surface area contributed by atoms with E-state index < -0.39 is 6.10 Å². The van der Waals surface area contributed by atoms with Crippen LogP contribution in [0.3, 0.4) is 0 Å². The highest BCUT2D eigenvalue weighted by Gasteiger charge is 2.17. The Hall–Kier alpha value is -1.58. The molecule has 1 atom stereocenters. The lowest BCUT2D eigenvalue weighted by atomic mass is 10.1. The highest BCUT2D eigenvalue weighted by atomic mass is 79.9. The number of aryl methyl sites for hydroxylation is 1. The number of aliphatic hydroxyl groups excluding tert-OH is 1. The lowest BCUT2D eigenvalue weighted by Gasteiger charge is -2.10. The molecule has 0 saturated heterocycles. The van der Waals surface area contributed by atoms with Crippen LogP contribution in [-0.2, 0) is 0 Å². The van der Waals surface area contributed by atoms with Crippen LogP contribution in [0.4, 0.5) is 0 Å². The van der Waals surface area contributed by atoms with Gasteiger partial charge in [-0.05, 0) is 30.7 Å². The number of furan rings is 1. The van der Waals surface area contributed by atoms with E-state index in [4.69, 9.17) is 4.42 Å². The summed E-state index contributed by atoms with van der Waals surface area (Å²) >= 11 is 3.49. The van der Waals surface area contributed by atoms with E-state index in [1.54, 1.807) is 0 Å². The maximum absolute atomic E-state index is 10.4. The molecule has 1 heterocycles. The Kier molecular flexibility index (Phi) is 3.17. The van der Waals surface area contributed by atoms with Crippen molar-refractivity contribution >= 4 is 26.9 Å². The van der Waals surface area contributed by atoms with Gasteiger partial charge in [-0.1, -0.05) is 46.3 Å². The molecule has 3 aromatic rings. The van der Waals surface area contributed by atoms with Gasteiger partial charge >= 0.3 is 0 Å². The molecule has 3 heteroatoms. The van der Waals surface area contributed by atoms with E-state index in [1.165, 1.54) is 0 Å². The number of hydrogen-bond donors (Lipinski definition) is 1. The zero-order valence-electron chi connectivity index (χ0n) is 10.4. The second kappa shape index (κ2) is 4.83. The first-order valence-corrected chi connectivity index (χ1v) is 6.87. The fraction of sp³-hybridized carbons (Fsp3) is 0.125. The van der Waals surface area contributed by atoms with E-state index in [0.29, 0.717) is 5.76 Å². The molecule has 0 bridgehead atoms. The fourth-order valence-corrected chi connectivity index (χ4v) is 2.85. The summed E-state index contributed by atoms with van der Waals surface area (Å²) in [4.78, 5) is 0. The molecule has 19 heavy (non-hydrogen) atoms. The van der Waals surface area contributed by atoms with Crippen LogP contribution in [0.2, 0.25) is 0 Å². The van der Waals surface area contributed by atoms with Crippen LogP contribution in [0.1, 0.15) is 23.0 Å². The highest BCUT2D eigenvalue weighted by molar-refractivity contribution is 9.10. The summed E-state index contributed by atoms with van der Waals surface area (Å²) in [5.74, 6) is 0.561. The molecular weight excluding hydrogens is 304 g/mol. The first kappa shape index (κ1) is 12.5. The molecule has 0 aliphatic carbocycles. The third-order valence-corrected chi connectivity index (χ3v) is 3.85. The largest absolute Gasteiger partial charge is 0.458 e. The van der Waals surface area contributed by atoms with Gasteiger partial charge in [0.1, 0.15) is 17.4 Å². The molecule has 1 unspecified atom stereocenters. The average Bonchev–Trinajstić information content (AvgIpc) is 2.81. The van der Waals surface area contributed by atoms with E-state index in [9.17, 15) is 5.11 Å². The summed E-state index contributed by atoms with van der Waals surface area (Å²) in [6, 6.07) is 15.5. The van der Waals surface area contributed by atoms with Crippen LogP contribution in [0, 0.1) is 6.92 Å². The summed E-state index contributed by atoms with van der Waals surface area (Å²) in [6.07, 6.45) is -0.762. The minimum absolute atomic E-state index is 0.561. The number of fused-ring (bicyclic) bond motifs is 1. The number of para-hydroxylation sites is 1. The van der Waals surface area contributed by atoms with Crippen molar-refractivity contribution in [2.75, 3.05) is 0 Å². The standard InChI is InChI=1S/C16H13BrO2/c1-10-6-7-12(13(17)8-10)16(18)15-9-11-4-2-3-5-14(11)19-15/h2-9,16,18H,1H3. The lowest BCUT2D eigenvalue weighted by molar-refractivity contribution is 0.191. The van der Waals surface area contributed by atoms with Crippen LogP contribution >= 0.6 is 15.9 Å². The second-order valence-corrected chi connectivity index (χ2v) is 5.47. The monoisotopic (exact) mass is 316 g/mol. The lowest BCUT2D eigenvalue weighted by Crippen LogP contribution is -1.99. The van der Waals surface area contributed by atoms with Crippen LogP contribution in [0.15, 0.2) is 57.4 Å². The Balaban J connectivity index is 2.05. The van der Waals surface area contributed by atoms with Crippen LogP contribution < -0.4 is 0 Å². The summed E-state index contributed by atoms with van der Waals surface area (Å²) in [5, 5.41) is 11.4. The summed E-state index contributed by atoms with van der Waals surface area (Å²) in [7, 11) is 0. The third kappa shape index (κ3) is 2.31. The zero-order valence-corrected chi connectivity index (χ0v) is 12.0. The minimum Gasteiger partial charge on any atom is -0.458 e. The molecule has 1 N–H and O–H groups in total. The molecule has 3 rings (SSSR count). The van der Waals surface area contributed by atoms with Crippen molar-refractivity contribution in [1.82, 2.24) is 0 Å². The summed E-state index contributed by atoms with van der Waals surface area (Å²) < 4.78 is 6.59. The number of rotatable bonds is 2. The smallest absolute Gasteiger partial charge is 0.138 e. The Morgan fingerprint density at radius 1 is 1.11 bits per heavy atom. The van der Waals surface area contributed by atoms with E-state index in [0.717, 1.165) is 26.6 Å². The molecule has 0 radical (unpaired) electrons. The number of aliphatic hydroxyl groups is 1. The molecule has 96 valence electrons. The van der Waals surface area contributed by atoms with Crippen LogP contribution in [-0.4, -0.2) is 5.11 Å². The maximum Gasteiger partial charge on any atom is 0.138 e. The van der Waals surface area contributed by atoms with Gasteiger partial charge in [0.05, 0.1) is 0 Å². The van der Waals surface area contributed by atoms with E-state index in [2.05, 4.69) is 15.9 Å². The number of halogens is 1. The van der Waals surface area contributed by atoms with E-state index >= 15 is 0 Å². The van der Waals surface area contributed by atoms with Crippen molar-refractivity contribution in [3.8, 4) is 0 Å². The number of hydrogen-bond acceptors (Lipinski definition) is 2. The Morgan fingerprint density at radius 3 is 2.63 bits per heavy atom. The first-order chi connectivity index (χ1) is 9.15. The van der Waals surface area contributed by atoms with Gasteiger partial charge in [0.25, 0.3) is 0 Å². The van der Waals surface area contributed by atoms with Gasteiger partial charge in [-0.25, -0.2) is 0 Å². The average molecular weight is 317 g/mol. The predicted molar refractivity (Wildman–Crippen MR) is 79.2 cm³/mol. The van der Waals surface area contributed by atoms with Gasteiger partial charge in [-0.15, -0.1) is 0 Å². The molecule has 0 aliphatic heterocycles. The minimum atomic E-state index is -0.762. The van der Waals surface area contributed by atoms with Crippen LogP contribution in [0.5, 0.6) is 0 Å². The third-order valence-electron chi connectivity index (χ3n) is 3.16. The molecule has 0 fully saturated rings. The van der Waals surface area contributed by atoms with E-state index in [1.807, 2.05) is 55.5 Å². The van der Waals surface area contributed by atoms with Crippen molar-refractivity contribution in [3.05, 3.63) is 69.9 Å². The first-order valence-electron chi connectivity index (χ1n) is 6.08. The molecule has 0 spiro atoms.